The van der Waals surface area contributed by atoms with Crippen LogP contribution in [0.3, 0.4) is 0 Å². The van der Waals surface area contributed by atoms with Gasteiger partial charge in [0.1, 0.15) is 23.4 Å². The summed E-state index contributed by atoms with van der Waals surface area (Å²) < 4.78 is 11.7. The van der Waals surface area contributed by atoms with Gasteiger partial charge in [0, 0.05) is 18.5 Å². The van der Waals surface area contributed by atoms with Crippen LogP contribution in [-0.4, -0.2) is 47.0 Å². The minimum Gasteiger partial charge on any atom is -0.496 e. The van der Waals surface area contributed by atoms with Gasteiger partial charge in [-0.05, 0) is 25.1 Å². The molecule has 1 saturated heterocycles. The Balaban J connectivity index is 1.56. The Morgan fingerprint density at radius 2 is 2.14 bits per heavy atom. The second kappa shape index (κ2) is 8.58. The van der Waals surface area contributed by atoms with Crippen LogP contribution in [0.4, 0.5) is 11.6 Å². The molecule has 0 radical (unpaired) electrons. The highest BCUT2D eigenvalue weighted by Gasteiger charge is 2.19. The Hall–Kier alpha value is -3.64. The smallest absolute Gasteiger partial charge is 0.158 e. The Kier molecular flexibility index (Phi) is 5.54. The maximum atomic E-state index is 8.82. The van der Waals surface area contributed by atoms with E-state index in [0.29, 0.717) is 29.9 Å². The number of H-pyrrole nitrogens is 1. The molecule has 0 amide bonds. The summed E-state index contributed by atoms with van der Waals surface area (Å²) in [5.74, 6) is 3.00. The molecule has 3 N–H and O–H groups in total. The molecule has 9 heteroatoms. The van der Waals surface area contributed by atoms with Gasteiger partial charge in [-0.2, -0.15) is 10.4 Å². The van der Waals surface area contributed by atoms with Gasteiger partial charge in [-0.15, -0.1) is 0 Å². The van der Waals surface area contributed by atoms with E-state index in [4.69, 9.17) is 14.7 Å². The van der Waals surface area contributed by atoms with E-state index in [-0.39, 0.29) is 5.69 Å². The molecule has 3 heterocycles. The normalized spacial score (nSPS) is 15.7. The van der Waals surface area contributed by atoms with Crippen LogP contribution >= 0.6 is 0 Å². The largest absolute Gasteiger partial charge is 0.496 e. The topological polar surface area (TPSA) is 121 Å². The average molecular weight is 391 g/mol. The lowest BCUT2D eigenvalue weighted by Gasteiger charge is -2.16. The van der Waals surface area contributed by atoms with Crippen molar-refractivity contribution in [3.8, 4) is 28.8 Å². The Morgan fingerprint density at radius 3 is 2.86 bits per heavy atom. The molecule has 29 heavy (non-hydrogen) atoms. The van der Waals surface area contributed by atoms with E-state index < -0.39 is 0 Å². The first kappa shape index (κ1) is 18.7. The Labute approximate surface area is 168 Å². The monoisotopic (exact) mass is 391 g/mol. The van der Waals surface area contributed by atoms with E-state index in [9.17, 15) is 0 Å². The summed E-state index contributed by atoms with van der Waals surface area (Å²) in [6, 6.07) is 9.52. The number of nitrogens with one attached hydrogen (secondary N) is 3. The molecule has 1 aliphatic rings. The highest BCUT2D eigenvalue weighted by Crippen LogP contribution is 2.38. The van der Waals surface area contributed by atoms with Gasteiger partial charge in [0.15, 0.2) is 11.5 Å². The molecular weight excluding hydrogens is 370 g/mol. The minimum atomic E-state index is 0.256. The maximum absolute atomic E-state index is 8.82. The third-order valence-corrected chi connectivity index (χ3v) is 4.71. The molecule has 0 unspecified atom stereocenters. The highest BCUT2D eigenvalue weighted by atomic mass is 16.5. The highest BCUT2D eigenvalue weighted by molar-refractivity contribution is 5.76. The van der Waals surface area contributed by atoms with Crippen molar-refractivity contribution in [1.82, 2.24) is 25.5 Å². The van der Waals surface area contributed by atoms with Crippen LogP contribution in [0.15, 0.2) is 36.7 Å². The van der Waals surface area contributed by atoms with Gasteiger partial charge in [0.2, 0.25) is 0 Å². The summed E-state index contributed by atoms with van der Waals surface area (Å²) in [6.07, 6.45) is 4.00. The SMILES string of the molecule is COc1cccc(OC[C@H]2CCNC2)c1-c1cc(Nc2cnc(C#N)cn2)n[nH]1. The van der Waals surface area contributed by atoms with Crippen LogP contribution in [0.5, 0.6) is 11.5 Å². The zero-order valence-corrected chi connectivity index (χ0v) is 16.0. The average Bonchev–Trinajstić information content (AvgIpc) is 3.44. The zero-order chi connectivity index (χ0) is 20.1. The molecule has 0 spiro atoms. The fourth-order valence-electron chi connectivity index (χ4n) is 3.23. The lowest BCUT2D eigenvalue weighted by molar-refractivity contribution is 0.260. The first-order valence-corrected chi connectivity index (χ1v) is 9.32. The van der Waals surface area contributed by atoms with Crippen molar-refractivity contribution in [1.29, 1.82) is 5.26 Å². The van der Waals surface area contributed by atoms with Crippen LogP contribution in [-0.2, 0) is 0 Å². The predicted molar refractivity (Wildman–Crippen MR) is 107 cm³/mol. The molecular formula is C20H21N7O2. The van der Waals surface area contributed by atoms with Gasteiger partial charge in [-0.25, -0.2) is 9.97 Å². The minimum absolute atomic E-state index is 0.256. The molecule has 2 aromatic heterocycles. The number of anilines is 2. The van der Waals surface area contributed by atoms with E-state index in [2.05, 4.69) is 30.8 Å². The molecule has 0 bridgehead atoms. The number of benzene rings is 1. The van der Waals surface area contributed by atoms with E-state index in [0.717, 1.165) is 36.5 Å². The van der Waals surface area contributed by atoms with Gasteiger partial charge in [-0.3, -0.25) is 5.10 Å². The van der Waals surface area contributed by atoms with Gasteiger partial charge in [-0.1, -0.05) is 6.07 Å². The number of hydrogen-bond acceptors (Lipinski definition) is 8. The van der Waals surface area contributed by atoms with Crippen LogP contribution in [0.2, 0.25) is 0 Å². The van der Waals surface area contributed by atoms with Crippen molar-refractivity contribution in [2.75, 3.05) is 32.1 Å². The number of aromatic amines is 1. The second-order valence-corrected chi connectivity index (χ2v) is 6.69. The van der Waals surface area contributed by atoms with E-state index in [1.54, 1.807) is 7.11 Å². The third-order valence-electron chi connectivity index (χ3n) is 4.71. The van der Waals surface area contributed by atoms with E-state index in [1.165, 1.54) is 12.4 Å². The first-order valence-electron chi connectivity index (χ1n) is 9.32. The number of hydrogen-bond donors (Lipinski definition) is 3. The van der Waals surface area contributed by atoms with Gasteiger partial charge in [0.25, 0.3) is 0 Å². The van der Waals surface area contributed by atoms with Crippen molar-refractivity contribution >= 4 is 11.6 Å². The number of methoxy groups -OCH3 is 1. The number of aromatic nitrogens is 4. The van der Waals surface area contributed by atoms with E-state index >= 15 is 0 Å². The van der Waals surface area contributed by atoms with Crippen molar-refractivity contribution < 1.29 is 9.47 Å². The standard InChI is InChI=1S/C20H21N7O2/c1-28-16-3-2-4-17(29-12-13-5-6-22-9-13)20(16)15-7-18(27-26-15)25-19-11-23-14(8-21)10-24-19/h2-4,7,10-11,13,22H,5-6,9,12H2,1H3,(H2,24,25,26,27)/t13-/m0/s1. The zero-order valence-electron chi connectivity index (χ0n) is 16.0. The summed E-state index contributed by atoms with van der Waals surface area (Å²) in [7, 11) is 1.63. The molecule has 1 fully saturated rings. The molecule has 148 valence electrons. The van der Waals surface area contributed by atoms with Crippen LogP contribution < -0.4 is 20.1 Å². The number of nitriles is 1. The molecule has 4 rings (SSSR count). The van der Waals surface area contributed by atoms with Gasteiger partial charge in [0.05, 0.1) is 37.4 Å². The maximum Gasteiger partial charge on any atom is 0.158 e. The number of rotatable bonds is 7. The van der Waals surface area contributed by atoms with Crippen molar-refractivity contribution in [2.45, 2.75) is 6.42 Å². The molecule has 9 nitrogen and oxygen atoms in total. The summed E-state index contributed by atoms with van der Waals surface area (Å²) in [5, 5.41) is 22.6. The summed E-state index contributed by atoms with van der Waals surface area (Å²) in [4.78, 5) is 8.14. The van der Waals surface area contributed by atoms with E-state index in [1.807, 2.05) is 30.3 Å². The molecule has 0 aliphatic carbocycles. The van der Waals surface area contributed by atoms with Crippen LogP contribution in [0.1, 0.15) is 12.1 Å². The quantitative estimate of drug-likeness (QED) is 0.562. The number of ether oxygens (including phenoxy) is 2. The van der Waals surface area contributed by atoms with Gasteiger partial charge < -0.3 is 20.1 Å². The molecule has 3 aromatic rings. The summed E-state index contributed by atoms with van der Waals surface area (Å²) in [5.41, 5.74) is 1.82. The number of nitrogens with zero attached hydrogens (tertiary/aromatic N) is 4. The molecule has 1 aliphatic heterocycles. The lowest BCUT2D eigenvalue weighted by Crippen LogP contribution is -2.15. The lowest BCUT2D eigenvalue weighted by atomic mass is 10.1. The fraction of sp³-hybridized carbons (Fsp3) is 0.300. The molecule has 0 saturated carbocycles. The van der Waals surface area contributed by atoms with Crippen LogP contribution in [0.25, 0.3) is 11.3 Å². The van der Waals surface area contributed by atoms with Crippen molar-refractivity contribution in [2.24, 2.45) is 5.92 Å². The summed E-state index contributed by atoms with van der Waals surface area (Å²) >= 11 is 0. The summed E-state index contributed by atoms with van der Waals surface area (Å²) in [6.45, 7) is 2.66. The van der Waals surface area contributed by atoms with Crippen LogP contribution in [0, 0.1) is 17.2 Å². The van der Waals surface area contributed by atoms with Crippen molar-refractivity contribution in [3.05, 3.63) is 42.4 Å². The fourth-order valence-corrected chi connectivity index (χ4v) is 3.23. The predicted octanol–water partition coefficient (Wildman–Crippen LogP) is 2.48. The first-order chi connectivity index (χ1) is 14.3. The molecule has 1 atom stereocenters. The molecule has 1 aromatic carbocycles. The Morgan fingerprint density at radius 1 is 1.24 bits per heavy atom. The Bertz CT molecular complexity index is 1000. The second-order valence-electron chi connectivity index (χ2n) is 6.69. The van der Waals surface area contributed by atoms with Gasteiger partial charge >= 0.3 is 0 Å². The third kappa shape index (κ3) is 4.28. The van der Waals surface area contributed by atoms with Crippen molar-refractivity contribution in [3.63, 3.8) is 0 Å².